The van der Waals surface area contributed by atoms with E-state index in [0.29, 0.717) is 6.54 Å². The smallest absolute Gasteiger partial charge is 0.329 e. The highest BCUT2D eigenvalue weighted by molar-refractivity contribution is 7.90. The minimum absolute atomic E-state index is 0.0173. The first-order valence-electron chi connectivity index (χ1n) is 6.94. The second-order valence-corrected chi connectivity index (χ2v) is 6.59. The molecule has 3 amide bonds. The monoisotopic (exact) mass is 327 g/mol. The molecule has 0 heterocycles. The number of hydrogen-bond acceptors (Lipinski definition) is 4. The number of carbonyl (C=O) groups excluding carboxylic acids is 2. The summed E-state index contributed by atoms with van der Waals surface area (Å²) in [5, 5.41) is 4.89. The van der Waals surface area contributed by atoms with Crippen molar-refractivity contribution in [1.82, 2.24) is 15.4 Å². The van der Waals surface area contributed by atoms with Gasteiger partial charge in [-0.15, -0.1) is 0 Å². The molecule has 1 rings (SSSR count). The number of rotatable bonds is 6. The van der Waals surface area contributed by atoms with Crippen LogP contribution in [-0.2, 0) is 14.8 Å². The molecule has 0 saturated heterocycles. The lowest BCUT2D eigenvalue weighted by Crippen LogP contribution is -2.49. The van der Waals surface area contributed by atoms with E-state index in [1.807, 2.05) is 18.6 Å². The van der Waals surface area contributed by atoms with Gasteiger partial charge in [-0.1, -0.05) is 24.6 Å². The van der Waals surface area contributed by atoms with E-state index >= 15 is 0 Å². The fraction of sp³-hybridized carbons (Fsp3) is 0.429. The summed E-state index contributed by atoms with van der Waals surface area (Å²) in [6.07, 6.45) is 0.770. The Morgan fingerprint density at radius 3 is 2.32 bits per heavy atom. The van der Waals surface area contributed by atoms with Gasteiger partial charge in [0.25, 0.3) is 10.0 Å². The van der Waals surface area contributed by atoms with Crippen LogP contribution in [0.3, 0.4) is 0 Å². The molecular formula is C14H21N3O4S. The minimum atomic E-state index is -3.96. The largest absolute Gasteiger partial charge is 0.354 e. The van der Waals surface area contributed by atoms with Crippen molar-refractivity contribution in [3.05, 3.63) is 29.8 Å². The van der Waals surface area contributed by atoms with Crippen molar-refractivity contribution in [3.63, 3.8) is 0 Å². The molecular weight excluding hydrogens is 306 g/mol. The van der Waals surface area contributed by atoms with Gasteiger partial charge in [0.1, 0.15) is 6.04 Å². The predicted octanol–water partition coefficient (Wildman–Crippen LogP) is 0.898. The van der Waals surface area contributed by atoms with Gasteiger partial charge in [0, 0.05) is 6.54 Å². The Bertz CT molecular complexity index is 626. The Balaban J connectivity index is 2.64. The SMILES string of the molecule is CCCNC(=O)[C@H](C)NC(=O)NS(=O)(=O)c1ccc(C)cc1. The van der Waals surface area contributed by atoms with Crippen LogP contribution < -0.4 is 15.4 Å². The van der Waals surface area contributed by atoms with Crippen molar-refractivity contribution in [2.24, 2.45) is 0 Å². The third-order valence-electron chi connectivity index (χ3n) is 2.85. The van der Waals surface area contributed by atoms with Gasteiger partial charge >= 0.3 is 6.03 Å². The van der Waals surface area contributed by atoms with Gasteiger partial charge in [-0.2, -0.15) is 0 Å². The number of hydrogen-bond donors (Lipinski definition) is 3. The van der Waals surface area contributed by atoms with E-state index in [0.717, 1.165) is 12.0 Å². The molecule has 22 heavy (non-hydrogen) atoms. The maximum Gasteiger partial charge on any atom is 0.329 e. The van der Waals surface area contributed by atoms with E-state index in [1.165, 1.54) is 19.1 Å². The number of aryl methyl sites for hydroxylation is 1. The summed E-state index contributed by atoms with van der Waals surface area (Å²) in [7, 11) is -3.96. The maximum absolute atomic E-state index is 12.0. The maximum atomic E-state index is 12.0. The zero-order valence-electron chi connectivity index (χ0n) is 12.8. The van der Waals surface area contributed by atoms with Gasteiger partial charge in [-0.05, 0) is 32.4 Å². The topological polar surface area (TPSA) is 104 Å². The van der Waals surface area contributed by atoms with Crippen LogP contribution in [0.25, 0.3) is 0 Å². The summed E-state index contributed by atoms with van der Waals surface area (Å²) in [5.74, 6) is -0.371. The quantitative estimate of drug-likeness (QED) is 0.722. The van der Waals surface area contributed by atoms with E-state index in [-0.39, 0.29) is 10.8 Å². The summed E-state index contributed by atoms with van der Waals surface area (Å²) in [6.45, 7) is 5.70. The molecule has 7 nitrogen and oxygen atoms in total. The zero-order valence-corrected chi connectivity index (χ0v) is 13.7. The number of sulfonamides is 1. The molecule has 0 aliphatic carbocycles. The van der Waals surface area contributed by atoms with E-state index in [2.05, 4.69) is 10.6 Å². The first kappa shape index (κ1) is 18.0. The van der Waals surface area contributed by atoms with Gasteiger partial charge in [-0.3, -0.25) is 4.79 Å². The second kappa shape index (κ2) is 7.79. The van der Waals surface area contributed by atoms with Crippen molar-refractivity contribution in [2.75, 3.05) is 6.54 Å². The highest BCUT2D eigenvalue weighted by atomic mass is 32.2. The van der Waals surface area contributed by atoms with Crippen molar-refractivity contribution in [1.29, 1.82) is 0 Å². The minimum Gasteiger partial charge on any atom is -0.354 e. The first-order chi connectivity index (χ1) is 10.3. The van der Waals surface area contributed by atoms with Crippen LogP contribution >= 0.6 is 0 Å². The van der Waals surface area contributed by atoms with Crippen molar-refractivity contribution < 1.29 is 18.0 Å². The summed E-state index contributed by atoms with van der Waals surface area (Å²) in [6, 6.07) is 4.30. The van der Waals surface area contributed by atoms with Crippen LogP contribution in [0, 0.1) is 6.92 Å². The fourth-order valence-corrected chi connectivity index (χ4v) is 2.51. The second-order valence-electron chi connectivity index (χ2n) is 4.90. The molecule has 1 atom stereocenters. The molecule has 3 N–H and O–H groups in total. The molecule has 0 fully saturated rings. The normalized spacial score (nSPS) is 12.3. The molecule has 0 radical (unpaired) electrons. The van der Waals surface area contributed by atoms with Gasteiger partial charge in [0.05, 0.1) is 4.90 Å². The van der Waals surface area contributed by atoms with Crippen LogP contribution in [0.2, 0.25) is 0 Å². The Kier molecular flexibility index (Phi) is 6.36. The molecule has 0 saturated carbocycles. The number of benzene rings is 1. The lowest BCUT2D eigenvalue weighted by atomic mass is 10.2. The highest BCUT2D eigenvalue weighted by Gasteiger charge is 2.20. The zero-order chi connectivity index (χ0) is 16.8. The number of nitrogens with one attached hydrogen (secondary N) is 3. The van der Waals surface area contributed by atoms with Crippen LogP contribution in [0.1, 0.15) is 25.8 Å². The summed E-state index contributed by atoms with van der Waals surface area (Å²) >= 11 is 0. The average molecular weight is 327 g/mol. The van der Waals surface area contributed by atoms with Crippen molar-refractivity contribution in [2.45, 2.75) is 38.1 Å². The third kappa shape index (κ3) is 5.36. The van der Waals surface area contributed by atoms with Crippen LogP contribution in [-0.4, -0.2) is 32.9 Å². The molecule has 1 aromatic rings. The molecule has 8 heteroatoms. The van der Waals surface area contributed by atoms with Gasteiger partial charge < -0.3 is 10.6 Å². The molecule has 0 bridgehead atoms. The predicted molar refractivity (Wildman–Crippen MR) is 82.8 cm³/mol. The van der Waals surface area contributed by atoms with Gasteiger partial charge in [0.15, 0.2) is 0 Å². The molecule has 1 aromatic carbocycles. The lowest BCUT2D eigenvalue weighted by Gasteiger charge is -2.14. The number of amides is 3. The van der Waals surface area contributed by atoms with Gasteiger partial charge in [0.2, 0.25) is 5.91 Å². The standard InChI is InChI=1S/C14H21N3O4S/c1-4-9-15-13(18)11(3)16-14(19)17-22(20,21)12-7-5-10(2)6-8-12/h5-8,11H,4,9H2,1-3H3,(H,15,18)(H2,16,17,19)/t11-/m0/s1. The van der Waals surface area contributed by atoms with E-state index < -0.39 is 22.1 Å². The molecule has 0 spiro atoms. The Labute approximate surface area is 130 Å². The Hall–Kier alpha value is -2.09. The molecule has 0 aromatic heterocycles. The summed E-state index contributed by atoms with van der Waals surface area (Å²) < 4.78 is 25.9. The van der Waals surface area contributed by atoms with Crippen molar-refractivity contribution in [3.8, 4) is 0 Å². The van der Waals surface area contributed by atoms with Crippen molar-refractivity contribution >= 4 is 22.0 Å². The van der Waals surface area contributed by atoms with Crippen LogP contribution in [0.5, 0.6) is 0 Å². The average Bonchev–Trinajstić information content (AvgIpc) is 2.44. The molecule has 122 valence electrons. The van der Waals surface area contributed by atoms with Crippen LogP contribution in [0.4, 0.5) is 4.79 Å². The Morgan fingerprint density at radius 1 is 1.18 bits per heavy atom. The van der Waals surface area contributed by atoms with Gasteiger partial charge in [-0.25, -0.2) is 17.9 Å². The van der Waals surface area contributed by atoms with E-state index in [1.54, 1.807) is 12.1 Å². The summed E-state index contributed by atoms with van der Waals surface area (Å²) in [4.78, 5) is 23.3. The molecule has 0 aliphatic heterocycles. The fourth-order valence-electron chi connectivity index (χ4n) is 1.59. The highest BCUT2D eigenvalue weighted by Crippen LogP contribution is 2.09. The lowest BCUT2D eigenvalue weighted by molar-refractivity contribution is -0.122. The van der Waals surface area contributed by atoms with E-state index in [9.17, 15) is 18.0 Å². The number of carbonyl (C=O) groups is 2. The Morgan fingerprint density at radius 2 is 1.77 bits per heavy atom. The third-order valence-corrected chi connectivity index (χ3v) is 4.20. The van der Waals surface area contributed by atoms with E-state index in [4.69, 9.17) is 0 Å². The molecule has 0 unspecified atom stereocenters. The molecule has 0 aliphatic rings. The summed E-state index contributed by atoms with van der Waals surface area (Å²) in [5.41, 5.74) is 0.907. The number of urea groups is 1. The van der Waals surface area contributed by atoms with Crippen LogP contribution in [0.15, 0.2) is 29.2 Å². The first-order valence-corrected chi connectivity index (χ1v) is 8.42.